The number of anilines is 1. The molecule has 2 aromatic rings. The zero-order chi connectivity index (χ0) is 16.7. The van der Waals surface area contributed by atoms with Gasteiger partial charge < -0.3 is 15.1 Å². The molecule has 0 atom stereocenters. The van der Waals surface area contributed by atoms with Gasteiger partial charge in [-0.3, -0.25) is 9.59 Å². The molecule has 0 aliphatic carbocycles. The summed E-state index contributed by atoms with van der Waals surface area (Å²) >= 11 is 1.41. The number of amides is 2. The lowest BCUT2D eigenvalue weighted by Crippen LogP contribution is -2.67. The van der Waals surface area contributed by atoms with Crippen LogP contribution in [0.1, 0.15) is 33.7 Å². The maximum absolute atomic E-state index is 12.4. The van der Waals surface area contributed by atoms with Gasteiger partial charge in [-0.05, 0) is 12.1 Å². The molecule has 1 N–H and O–H groups in total. The largest absolute Gasteiger partial charge is 0.337 e. The van der Waals surface area contributed by atoms with Crippen molar-refractivity contribution in [3.63, 3.8) is 0 Å². The third-order valence-electron chi connectivity index (χ3n) is 4.87. The van der Waals surface area contributed by atoms with Crippen LogP contribution in [0.3, 0.4) is 0 Å². The minimum absolute atomic E-state index is 0.0468. The topological polar surface area (TPSA) is 78.4 Å². The van der Waals surface area contributed by atoms with Crippen LogP contribution in [0.2, 0.25) is 0 Å². The highest BCUT2D eigenvalue weighted by molar-refractivity contribution is 7.07. The van der Waals surface area contributed by atoms with E-state index in [1.165, 1.54) is 11.3 Å². The molecule has 4 heterocycles. The van der Waals surface area contributed by atoms with Crippen molar-refractivity contribution in [2.24, 2.45) is 0 Å². The summed E-state index contributed by atoms with van der Waals surface area (Å²) in [4.78, 5) is 37.2. The molecule has 8 heteroatoms. The van der Waals surface area contributed by atoms with Gasteiger partial charge in [0.15, 0.2) is 0 Å². The van der Waals surface area contributed by atoms with Crippen LogP contribution in [0.25, 0.3) is 0 Å². The first-order valence-electron chi connectivity index (χ1n) is 7.79. The number of hydrogen-bond donors (Lipinski definition) is 1. The van der Waals surface area contributed by atoms with E-state index in [2.05, 4.69) is 15.3 Å². The second-order valence-corrected chi connectivity index (χ2v) is 6.80. The summed E-state index contributed by atoms with van der Waals surface area (Å²) in [7, 11) is 1.95. The third-order valence-corrected chi connectivity index (χ3v) is 5.45. The smallest absolute Gasteiger partial charge is 0.273 e. The molecule has 2 aromatic heterocycles. The molecule has 0 bridgehead atoms. The summed E-state index contributed by atoms with van der Waals surface area (Å²) in [6, 6.07) is 3.54. The Labute approximate surface area is 143 Å². The van der Waals surface area contributed by atoms with E-state index in [0.29, 0.717) is 43.0 Å². The molecule has 1 saturated heterocycles. The van der Waals surface area contributed by atoms with Gasteiger partial charge in [0.1, 0.15) is 17.2 Å². The van der Waals surface area contributed by atoms with Gasteiger partial charge >= 0.3 is 0 Å². The summed E-state index contributed by atoms with van der Waals surface area (Å²) in [6.07, 6.45) is 3.00. The number of hydrogen-bond acceptors (Lipinski definition) is 6. The van der Waals surface area contributed by atoms with Gasteiger partial charge in [0.2, 0.25) is 0 Å². The van der Waals surface area contributed by atoms with Crippen molar-refractivity contribution in [3.8, 4) is 0 Å². The maximum Gasteiger partial charge on any atom is 0.273 e. The first-order chi connectivity index (χ1) is 11.6. The number of thiazole rings is 1. The molecule has 24 heavy (non-hydrogen) atoms. The average Bonchev–Trinajstić information content (AvgIpc) is 3.15. The van der Waals surface area contributed by atoms with E-state index < -0.39 is 5.66 Å². The van der Waals surface area contributed by atoms with E-state index in [9.17, 15) is 9.59 Å². The SMILES string of the molecule is CN1c2ncccc2C(=O)NC12CCN(C(=O)c1cscn1)CC2. The van der Waals surface area contributed by atoms with Crippen LogP contribution < -0.4 is 10.2 Å². The standard InChI is InChI=1S/C16H17N5O2S/c1-20-13-11(3-2-6-17-13)14(22)19-16(20)4-7-21(8-5-16)15(23)12-9-24-10-18-12/h2-3,6,9-10H,4-5,7-8H2,1H3,(H,19,22). The molecule has 2 amide bonds. The van der Waals surface area contributed by atoms with Gasteiger partial charge in [-0.25, -0.2) is 9.97 Å². The summed E-state index contributed by atoms with van der Waals surface area (Å²) in [5, 5.41) is 4.89. The number of nitrogens with zero attached hydrogens (tertiary/aromatic N) is 4. The molecule has 4 rings (SSSR count). The van der Waals surface area contributed by atoms with E-state index in [0.717, 1.165) is 0 Å². The van der Waals surface area contributed by atoms with Gasteiger partial charge in [0.25, 0.3) is 11.8 Å². The Balaban J connectivity index is 1.55. The predicted octanol–water partition coefficient (Wildman–Crippen LogP) is 1.35. The fraction of sp³-hybridized carbons (Fsp3) is 0.375. The third kappa shape index (κ3) is 2.25. The Morgan fingerprint density at radius 2 is 2.12 bits per heavy atom. The lowest BCUT2D eigenvalue weighted by Gasteiger charge is -2.50. The quantitative estimate of drug-likeness (QED) is 0.846. The summed E-state index contributed by atoms with van der Waals surface area (Å²) in [5.74, 6) is 0.547. The van der Waals surface area contributed by atoms with Crippen LogP contribution in [-0.2, 0) is 0 Å². The first-order valence-corrected chi connectivity index (χ1v) is 8.74. The molecule has 0 radical (unpaired) electrons. The second-order valence-electron chi connectivity index (χ2n) is 6.09. The Hall–Kier alpha value is -2.48. The maximum atomic E-state index is 12.4. The van der Waals surface area contributed by atoms with Gasteiger partial charge in [0, 0.05) is 44.6 Å². The average molecular weight is 343 g/mol. The number of pyridine rings is 1. The van der Waals surface area contributed by atoms with E-state index in [1.54, 1.807) is 34.1 Å². The number of piperidine rings is 1. The van der Waals surface area contributed by atoms with Crippen LogP contribution >= 0.6 is 11.3 Å². The predicted molar refractivity (Wildman–Crippen MR) is 90.1 cm³/mol. The Morgan fingerprint density at radius 3 is 2.83 bits per heavy atom. The highest BCUT2D eigenvalue weighted by Gasteiger charge is 2.45. The van der Waals surface area contributed by atoms with Gasteiger partial charge in [-0.1, -0.05) is 0 Å². The Morgan fingerprint density at radius 1 is 1.33 bits per heavy atom. The van der Waals surface area contributed by atoms with Crippen molar-refractivity contribution >= 4 is 29.0 Å². The molecule has 1 spiro atoms. The van der Waals surface area contributed by atoms with Gasteiger partial charge in [0.05, 0.1) is 11.1 Å². The first kappa shape index (κ1) is 15.1. The normalized spacial score (nSPS) is 19.1. The summed E-state index contributed by atoms with van der Waals surface area (Å²) < 4.78 is 0. The van der Waals surface area contributed by atoms with Crippen molar-refractivity contribution in [1.29, 1.82) is 0 Å². The Bertz CT molecular complexity index is 784. The number of carbonyl (C=O) groups excluding carboxylic acids is 2. The van der Waals surface area contributed by atoms with E-state index in [-0.39, 0.29) is 11.8 Å². The van der Waals surface area contributed by atoms with Crippen LogP contribution in [0.5, 0.6) is 0 Å². The fourth-order valence-electron chi connectivity index (χ4n) is 3.43. The minimum Gasteiger partial charge on any atom is -0.337 e. The highest BCUT2D eigenvalue weighted by Crippen LogP contribution is 2.34. The number of likely N-dealkylation sites (tertiary alicyclic amines) is 1. The number of nitrogens with one attached hydrogen (secondary N) is 1. The molecule has 0 aromatic carbocycles. The molecule has 124 valence electrons. The molecule has 1 fully saturated rings. The number of rotatable bonds is 1. The molecule has 2 aliphatic heterocycles. The lowest BCUT2D eigenvalue weighted by molar-refractivity contribution is 0.0603. The van der Waals surface area contributed by atoms with Crippen molar-refractivity contribution < 1.29 is 9.59 Å². The van der Waals surface area contributed by atoms with Crippen LogP contribution in [-0.4, -0.2) is 52.5 Å². The minimum atomic E-state index is -0.489. The van der Waals surface area contributed by atoms with Gasteiger partial charge in [-0.15, -0.1) is 11.3 Å². The second kappa shape index (κ2) is 5.55. The van der Waals surface area contributed by atoms with Crippen molar-refractivity contribution in [3.05, 3.63) is 40.5 Å². The fourth-order valence-corrected chi connectivity index (χ4v) is 3.95. The number of carbonyl (C=O) groups is 2. The number of fused-ring (bicyclic) bond motifs is 1. The van der Waals surface area contributed by atoms with Crippen molar-refractivity contribution in [1.82, 2.24) is 20.2 Å². The molecular formula is C16H17N5O2S. The number of aromatic nitrogens is 2. The molecule has 0 unspecified atom stereocenters. The molecule has 0 saturated carbocycles. The van der Waals surface area contributed by atoms with E-state index in [4.69, 9.17) is 0 Å². The van der Waals surface area contributed by atoms with Crippen LogP contribution in [0.15, 0.2) is 29.2 Å². The zero-order valence-electron chi connectivity index (χ0n) is 13.2. The zero-order valence-corrected chi connectivity index (χ0v) is 14.0. The molecule has 7 nitrogen and oxygen atoms in total. The summed E-state index contributed by atoms with van der Waals surface area (Å²) in [6.45, 7) is 1.15. The Kier molecular flexibility index (Phi) is 3.49. The molecule has 2 aliphatic rings. The van der Waals surface area contributed by atoms with Crippen LogP contribution in [0, 0.1) is 0 Å². The van der Waals surface area contributed by atoms with E-state index >= 15 is 0 Å². The summed E-state index contributed by atoms with van der Waals surface area (Å²) in [5.41, 5.74) is 2.25. The lowest BCUT2D eigenvalue weighted by atomic mass is 9.91. The van der Waals surface area contributed by atoms with Crippen molar-refractivity contribution in [2.45, 2.75) is 18.5 Å². The van der Waals surface area contributed by atoms with Crippen molar-refractivity contribution in [2.75, 3.05) is 25.0 Å². The monoisotopic (exact) mass is 343 g/mol. The van der Waals surface area contributed by atoms with E-state index in [1.807, 2.05) is 11.9 Å². The highest BCUT2D eigenvalue weighted by atomic mass is 32.1. The molecular weight excluding hydrogens is 326 g/mol. The van der Waals surface area contributed by atoms with Crippen LogP contribution in [0.4, 0.5) is 5.82 Å². The van der Waals surface area contributed by atoms with Gasteiger partial charge in [-0.2, -0.15) is 0 Å².